The van der Waals surface area contributed by atoms with E-state index < -0.39 is 6.29 Å². The van der Waals surface area contributed by atoms with Gasteiger partial charge in [-0.2, -0.15) is 0 Å². The highest BCUT2D eigenvalue weighted by molar-refractivity contribution is 5.62. The molecule has 0 spiro atoms. The number of nitrogens with one attached hydrogen (secondary N) is 2. The molecular formula is C19H23N7O2. The van der Waals surface area contributed by atoms with Crippen LogP contribution in [0.25, 0.3) is 11.3 Å². The van der Waals surface area contributed by atoms with Crippen LogP contribution >= 0.6 is 0 Å². The quantitative estimate of drug-likeness (QED) is 0.341. The first kappa shape index (κ1) is 19.4. The predicted octanol–water partition coefficient (Wildman–Crippen LogP) is 1.70. The van der Waals surface area contributed by atoms with Gasteiger partial charge < -0.3 is 14.9 Å². The summed E-state index contributed by atoms with van der Waals surface area (Å²) in [6.45, 7) is 0. The number of methoxy groups -OCH3 is 2. The van der Waals surface area contributed by atoms with E-state index in [9.17, 15) is 0 Å². The van der Waals surface area contributed by atoms with E-state index in [1.54, 1.807) is 32.4 Å². The van der Waals surface area contributed by atoms with Gasteiger partial charge in [0.05, 0.1) is 25.6 Å². The highest BCUT2D eigenvalue weighted by Gasteiger charge is 2.14. The van der Waals surface area contributed by atoms with Crippen molar-refractivity contribution in [3.8, 4) is 22.8 Å². The van der Waals surface area contributed by atoms with Crippen LogP contribution in [0.2, 0.25) is 0 Å². The van der Waals surface area contributed by atoms with Gasteiger partial charge in [-0.15, -0.1) is 5.53 Å². The van der Waals surface area contributed by atoms with Crippen LogP contribution in [0.15, 0.2) is 60.9 Å². The molecule has 1 aromatic heterocycles. The number of nitrogens with zero attached hydrogens (tertiary/aromatic N) is 3. The summed E-state index contributed by atoms with van der Waals surface area (Å²) in [4.78, 5) is 8.58. The number of hydrogen-bond donors (Lipinski definition) is 4. The van der Waals surface area contributed by atoms with E-state index in [1.807, 2.05) is 36.4 Å². The molecule has 0 amide bonds. The maximum atomic E-state index is 5.92. The summed E-state index contributed by atoms with van der Waals surface area (Å²) in [5.41, 5.74) is 20.3. The van der Waals surface area contributed by atoms with Gasteiger partial charge in [-0.1, -0.05) is 30.3 Å². The summed E-state index contributed by atoms with van der Waals surface area (Å²) in [5.74, 6) is 1.73. The molecule has 1 heterocycles. The third-order valence-corrected chi connectivity index (χ3v) is 3.97. The second-order valence-electron chi connectivity index (χ2n) is 5.79. The van der Waals surface area contributed by atoms with Crippen LogP contribution in [0, 0.1) is 0 Å². The first-order valence-corrected chi connectivity index (χ1v) is 8.54. The van der Waals surface area contributed by atoms with Gasteiger partial charge in [0.25, 0.3) is 0 Å². The van der Waals surface area contributed by atoms with Crippen molar-refractivity contribution in [2.24, 2.45) is 11.5 Å². The molecule has 28 heavy (non-hydrogen) atoms. The van der Waals surface area contributed by atoms with Gasteiger partial charge in [0.15, 0.2) is 17.3 Å². The van der Waals surface area contributed by atoms with Crippen LogP contribution in [0.1, 0.15) is 0 Å². The number of anilines is 2. The molecule has 0 bridgehead atoms. The molecule has 146 valence electrons. The van der Waals surface area contributed by atoms with Gasteiger partial charge in [0, 0.05) is 17.7 Å². The van der Waals surface area contributed by atoms with E-state index in [4.69, 9.17) is 20.9 Å². The third-order valence-electron chi connectivity index (χ3n) is 3.97. The molecule has 0 aliphatic rings. The van der Waals surface area contributed by atoms with Crippen molar-refractivity contribution in [3.05, 3.63) is 60.9 Å². The van der Waals surface area contributed by atoms with Crippen LogP contribution in [-0.4, -0.2) is 30.5 Å². The number of hydrogen-bond acceptors (Lipinski definition) is 9. The fourth-order valence-electron chi connectivity index (χ4n) is 2.57. The van der Waals surface area contributed by atoms with E-state index in [0.29, 0.717) is 17.3 Å². The lowest BCUT2D eigenvalue weighted by Gasteiger charge is -2.28. The van der Waals surface area contributed by atoms with Crippen molar-refractivity contribution in [2.45, 2.75) is 6.29 Å². The number of benzene rings is 2. The summed E-state index contributed by atoms with van der Waals surface area (Å²) in [7, 11) is 3.15. The van der Waals surface area contributed by atoms with Crippen molar-refractivity contribution in [2.75, 3.05) is 24.7 Å². The largest absolute Gasteiger partial charge is 0.493 e. The molecule has 0 radical (unpaired) electrons. The average molecular weight is 381 g/mol. The molecule has 0 saturated heterocycles. The van der Waals surface area contributed by atoms with Gasteiger partial charge in [-0.3, -0.25) is 11.5 Å². The zero-order valence-corrected chi connectivity index (χ0v) is 15.7. The van der Waals surface area contributed by atoms with E-state index in [1.165, 1.54) is 11.3 Å². The van der Waals surface area contributed by atoms with Crippen LogP contribution in [-0.2, 0) is 0 Å². The van der Waals surface area contributed by atoms with E-state index >= 15 is 0 Å². The molecule has 9 heteroatoms. The van der Waals surface area contributed by atoms with Gasteiger partial charge in [-0.05, 0) is 12.1 Å². The molecule has 0 atom stereocenters. The molecule has 0 unspecified atom stereocenters. The second kappa shape index (κ2) is 9.00. The lowest BCUT2D eigenvalue weighted by atomic mass is 10.1. The van der Waals surface area contributed by atoms with Crippen molar-refractivity contribution in [1.82, 2.24) is 15.5 Å². The Bertz CT molecular complexity index is 906. The van der Waals surface area contributed by atoms with E-state index in [2.05, 4.69) is 20.9 Å². The monoisotopic (exact) mass is 381 g/mol. The molecular weight excluding hydrogens is 358 g/mol. The van der Waals surface area contributed by atoms with Crippen molar-refractivity contribution in [3.63, 3.8) is 0 Å². The minimum Gasteiger partial charge on any atom is -0.493 e. The van der Waals surface area contributed by atoms with Gasteiger partial charge in [0.2, 0.25) is 0 Å². The first-order valence-electron chi connectivity index (χ1n) is 8.54. The SMILES string of the molecule is COc1ccc(NNN(c2cc(-c3ccccc3)ncn2)C(N)N)cc1OC. The highest BCUT2D eigenvalue weighted by atomic mass is 16.5. The smallest absolute Gasteiger partial charge is 0.162 e. The predicted molar refractivity (Wildman–Crippen MR) is 108 cm³/mol. The Morgan fingerprint density at radius 2 is 1.68 bits per heavy atom. The molecule has 6 N–H and O–H groups in total. The summed E-state index contributed by atoms with van der Waals surface area (Å²) in [6.07, 6.45) is 0.608. The summed E-state index contributed by atoms with van der Waals surface area (Å²) in [6, 6.07) is 17.0. The standard InChI is InChI=1S/C19H23N7O2/c1-27-16-9-8-14(10-17(16)28-2)24-25-26(19(20)21)18-11-15(22-12-23-18)13-6-4-3-5-7-13/h3-12,19,24-25H,20-21H2,1-2H3. The fraction of sp³-hybridized carbons (Fsp3) is 0.158. The van der Waals surface area contributed by atoms with E-state index in [0.717, 1.165) is 16.9 Å². The normalized spacial score (nSPS) is 10.6. The lowest BCUT2D eigenvalue weighted by molar-refractivity contribution is 0.355. The van der Waals surface area contributed by atoms with Crippen LogP contribution in [0.4, 0.5) is 11.5 Å². The topological polar surface area (TPSA) is 124 Å². The van der Waals surface area contributed by atoms with Gasteiger partial charge in [0.1, 0.15) is 12.6 Å². The van der Waals surface area contributed by atoms with Crippen LogP contribution in [0.5, 0.6) is 11.5 Å². The molecule has 0 aliphatic heterocycles. The third kappa shape index (κ3) is 4.46. The molecule has 3 rings (SSSR count). The minimum absolute atomic E-state index is 0.511. The fourth-order valence-corrected chi connectivity index (χ4v) is 2.57. The van der Waals surface area contributed by atoms with Crippen molar-refractivity contribution in [1.29, 1.82) is 0 Å². The van der Waals surface area contributed by atoms with Crippen molar-refractivity contribution < 1.29 is 9.47 Å². The maximum Gasteiger partial charge on any atom is 0.162 e. The van der Waals surface area contributed by atoms with E-state index in [-0.39, 0.29) is 0 Å². The summed E-state index contributed by atoms with van der Waals surface area (Å²) in [5, 5.41) is 1.49. The van der Waals surface area contributed by atoms with Crippen LogP contribution in [0.3, 0.4) is 0 Å². The Balaban J connectivity index is 1.79. The zero-order valence-electron chi connectivity index (χ0n) is 15.7. The maximum absolute atomic E-state index is 5.92. The van der Waals surface area contributed by atoms with Crippen LogP contribution < -0.4 is 36.9 Å². The van der Waals surface area contributed by atoms with Gasteiger partial charge >= 0.3 is 0 Å². The second-order valence-corrected chi connectivity index (χ2v) is 5.79. The minimum atomic E-state index is -0.855. The Hall–Kier alpha value is -3.40. The highest BCUT2D eigenvalue weighted by Crippen LogP contribution is 2.29. The molecule has 0 fully saturated rings. The molecule has 0 aliphatic carbocycles. The first-order chi connectivity index (χ1) is 13.6. The number of aromatic nitrogens is 2. The lowest BCUT2D eigenvalue weighted by Crippen LogP contribution is -2.57. The molecule has 9 nitrogen and oxygen atoms in total. The number of nitrogens with two attached hydrogens (primary N) is 2. The zero-order chi connectivity index (χ0) is 19.9. The Kier molecular flexibility index (Phi) is 6.22. The van der Waals surface area contributed by atoms with Gasteiger partial charge in [-0.25, -0.2) is 15.0 Å². The number of rotatable bonds is 8. The number of ether oxygens (including phenoxy) is 2. The Labute approximate surface area is 163 Å². The average Bonchev–Trinajstić information content (AvgIpc) is 2.74. The Morgan fingerprint density at radius 3 is 2.36 bits per heavy atom. The summed E-state index contributed by atoms with van der Waals surface area (Å²) >= 11 is 0. The molecule has 0 saturated carbocycles. The Morgan fingerprint density at radius 1 is 0.929 bits per heavy atom. The summed E-state index contributed by atoms with van der Waals surface area (Å²) < 4.78 is 10.5. The number of hydrazine groups is 2. The van der Waals surface area contributed by atoms with Crippen molar-refractivity contribution >= 4 is 11.5 Å². The molecule has 3 aromatic rings. The molecule has 2 aromatic carbocycles.